The summed E-state index contributed by atoms with van der Waals surface area (Å²) in [5.74, 6) is 0. The minimum absolute atomic E-state index is 0.288. The molecule has 0 spiro atoms. The lowest BCUT2D eigenvalue weighted by Crippen LogP contribution is -2.44. The van der Waals surface area contributed by atoms with Crippen molar-refractivity contribution in [1.29, 1.82) is 0 Å². The smallest absolute Gasteiger partial charge is 0.0702 e. The van der Waals surface area contributed by atoms with E-state index in [0.29, 0.717) is 12.6 Å². The third kappa shape index (κ3) is 3.28. The van der Waals surface area contributed by atoms with Crippen LogP contribution in [0.5, 0.6) is 0 Å². The first kappa shape index (κ1) is 13.5. The normalized spacial score (nSPS) is 22.9. The molecule has 2 unspecified atom stereocenters. The highest BCUT2D eigenvalue weighted by molar-refractivity contribution is 5.16. The van der Waals surface area contributed by atoms with E-state index < -0.39 is 0 Å². The molecule has 1 aromatic rings. The second kappa shape index (κ2) is 6.83. The lowest BCUT2D eigenvalue weighted by atomic mass is 10.0. The Hall–Kier alpha value is -0.970. The van der Waals surface area contributed by atoms with Crippen molar-refractivity contribution in [3.8, 4) is 0 Å². The molecule has 0 radical (unpaired) electrons. The fraction of sp³-hybridized carbons (Fsp3) is 0.643. The molecule has 1 fully saturated rings. The molecular formula is C14H23N3O. The van der Waals surface area contributed by atoms with E-state index in [1.165, 1.54) is 12.0 Å². The van der Waals surface area contributed by atoms with E-state index in [4.69, 9.17) is 10.5 Å². The first-order valence-electron chi connectivity index (χ1n) is 6.80. The highest BCUT2D eigenvalue weighted by Crippen LogP contribution is 2.24. The molecule has 1 aliphatic heterocycles. The number of rotatable bonds is 5. The Morgan fingerprint density at radius 3 is 2.94 bits per heavy atom. The number of hydrogen-bond donors (Lipinski definition) is 1. The maximum absolute atomic E-state index is 5.95. The SMILES string of the molecule is CCOC1CCCN(C(CN)c2ccncc2)C1. The van der Waals surface area contributed by atoms with Crippen LogP contribution in [-0.4, -0.2) is 42.2 Å². The van der Waals surface area contributed by atoms with E-state index in [2.05, 4.69) is 28.9 Å². The summed E-state index contributed by atoms with van der Waals surface area (Å²) in [4.78, 5) is 6.51. The van der Waals surface area contributed by atoms with Crippen LogP contribution in [0.2, 0.25) is 0 Å². The molecule has 0 bridgehead atoms. The minimum atomic E-state index is 0.288. The van der Waals surface area contributed by atoms with Gasteiger partial charge in [-0.05, 0) is 44.0 Å². The van der Waals surface area contributed by atoms with Crippen LogP contribution >= 0.6 is 0 Å². The Labute approximate surface area is 109 Å². The van der Waals surface area contributed by atoms with E-state index in [1.807, 2.05) is 12.4 Å². The third-order valence-electron chi connectivity index (χ3n) is 3.57. The van der Waals surface area contributed by atoms with Gasteiger partial charge >= 0.3 is 0 Å². The van der Waals surface area contributed by atoms with E-state index >= 15 is 0 Å². The van der Waals surface area contributed by atoms with Gasteiger partial charge < -0.3 is 10.5 Å². The Kier molecular flexibility index (Phi) is 5.11. The van der Waals surface area contributed by atoms with Crippen LogP contribution in [0.25, 0.3) is 0 Å². The maximum Gasteiger partial charge on any atom is 0.0702 e. The van der Waals surface area contributed by atoms with Crippen molar-refractivity contribution in [2.45, 2.75) is 31.9 Å². The van der Waals surface area contributed by atoms with Gasteiger partial charge in [-0.1, -0.05) is 0 Å². The van der Waals surface area contributed by atoms with Gasteiger partial charge in [-0.25, -0.2) is 0 Å². The summed E-state index contributed by atoms with van der Waals surface area (Å²) < 4.78 is 5.75. The molecule has 2 atom stereocenters. The molecule has 2 rings (SSSR count). The van der Waals surface area contributed by atoms with Gasteiger partial charge in [-0.2, -0.15) is 0 Å². The van der Waals surface area contributed by atoms with Crippen LogP contribution in [0.4, 0.5) is 0 Å². The first-order chi connectivity index (χ1) is 8.85. The monoisotopic (exact) mass is 249 g/mol. The number of likely N-dealkylation sites (tertiary alicyclic amines) is 1. The number of nitrogens with two attached hydrogens (primary N) is 1. The zero-order valence-corrected chi connectivity index (χ0v) is 11.1. The molecule has 0 amide bonds. The second-order valence-corrected chi connectivity index (χ2v) is 4.75. The number of nitrogens with zero attached hydrogens (tertiary/aromatic N) is 2. The fourth-order valence-corrected chi connectivity index (χ4v) is 2.70. The summed E-state index contributed by atoms with van der Waals surface area (Å²) in [5.41, 5.74) is 7.21. The molecule has 4 nitrogen and oxygen atoms in total. The number of pyridine rings is 1. The maximum atomic E-state index is 5.95. The Morgan fingerprint density at radius 1 is 1.50 bits per heavy atom. The molecule has 4 heteroatoms. The quantitative estimate of drug-likeness (QED) is 0.861. The zero-order valence-electron chi connectivity index (χ0n) is 11.1. The second-order valence-electron chi connectivity index (χ2n) is 4.75. The summed E-state index contributed by atoms with van der Waals surface area (Å²) in [6.07, 6.45) is 6.38. The van der Waals surface area contributed by atoms with Crippen LogP contribution in [0.1, 0.15) is 31.4 Å². The lowest BCUT2D eigenvalue weighted by molar-refractivity contribution is -0.00660. The number of ether oxygens (including phenoxy) is 1. The molecule has 0 aromatic carbocycles. The van der Waals surface area contributed by atoms with Crippen molar-refractivity contribution >= 4 is 0 Å². The van der Waals surface area contributed by atoms with Gasteiger partial charge in [0.15, 0.2) is 0 Å². The van der Waals surface area contributed by atoms with E-state index in [-0.39, 0.29) is 6.04 Å². The van der Waals surface area contributed by atoms with Gasteiger partial charge in [0, 0.05) is 38.1 Å². The molecule has 0 saturated carbocycles. The van der Waals surface area contributed by atoms with Gasteiger partial charge in [-0.3, -0.25) is 9.88 Å². The van der Waals surface area contributed by atoms with Crippen LogP contribution in [-0.2, 0) is 4.74 Å². The average Bonchev–Trinajstić information content (AvgIpc) is 2.42. The van der Waals surface area contributed by atoms with E-state index in [0.717, 1.165) is 26.1 Å². The lowest BCUT2D eigenvalue weighted by Gasteiger charge is -2.37. The molecule has 18 heavy (non-hydrogen) atoms. The van der Waals surface area contributed by atoms with Crippen LogP contribution < -0.4 is 5.73 Å². The van der Waals surface area contributed by atoms with E-state index in [9.17, 15) is 0 Å². The van der Waals surface area contributed by atoms with Gasteiger partial charge in [0.05, 0.1) is 6.10 Å². The van der Waals surface area contributed by atoms with Crippen LogP contribution in [0, 0.1) is 0 Å². The molecule has 1 aliphatic rings. The molecule has 1 saturated heterocycles. The van der Waals surface area contributed by atoms with Crippen molar-refractivity contribution in [2.75, 3.05) is 26.2 Å². The summed E-state index contributed by atoms with van der Waals surface area (Å²) in [5, 5.41) is 0. The molecule has 2 N–H and O–H groups in total. The van der Waals surface area contributed by atoms with Gasteiger partial charge in [0.2, 0.25) is 0 Å². The standard InChI is InChI=1S/C14H23N3O/c1-2-18-13-4-3-9-17(11-13)14(10-15)12-5-7-16-8-6-12/h5-8,13-14H,2-4,9-11,15H2,1H3. The van der Waals surface area contributed by atoms with Crippen molar-refractivity contribution in [3.05, 3.63) is 30.1 Å². The topological polar surface area (TPSA) is 51.4 Å². The highest BCUT2D eigenvalue weighted by Gasteiger charge is 2.26. The van der Waals surface area contributed by atoms with Gasteiger partial charge in [0.25, 0.3) is 0 Å². The molecule has 0 aliphatic carbocycles. The average molecular weight is 249 g/mol. The van der Waals surface area contributed by atoms with Crippen molar-refractivity contribution in [2.24, 2.45) is 5.73 Å². The van der Waals surface area contributed by atoms with E-state index in [1.54, 1.807) is 0 Å². The van der Waals surface area contributed by atoms with Crippen LogP contribution in [0.15, 0.2) is 24.5 Å². The van der Waals surface area contributed by atoms with Crippen molar-refractivity contribution in [3.63, 3.8) is 0 Å². The van der Waals surface area contributed by atoms with Crippen LogP contribution in [0.3, 0.4) is 0 Å². The summed E-state index contributed by atoms with van der Waals surface area (Å²) in [6, 6.07) is 4.40. The van der Waals surface area contributed by atoms with Gasteiger partial charge in [0.1, 0.15) is 0 Å². The summed E-state index contributed by atoms with van der Waals surface area (Å²) >= 11 is 0. The summed E-state index contributed by atoms with van der Waals surface area (Å²) in [6.45, 7) is 5.58. The highest BCUT2D eigenvalue weighted by atomic mass is 16.5. The molecular weight excluding hydrogens is 226 g/mol. The molecule has 2 heterocycles. The number of hydrogen-bond acceptors (Lipinski definition) is 4. The molecule has 100 valence electrons. The van der Waals surface area contributed by atoms with Crippen molar-refractivity contribution in [1.82, 2.24) is 9.88 Å². The first-order valence-corrected chi connectivity index (χ1v) is 6.80. The van der Waals surface area contributed by atoms with Gasteiger partial charge in [-0.15, -0.1) is 0 Å². The minimum Gasteiger partial charge on any atom is -0.377 e. The predicted octanol–water partition coefficient (Wildman–Crippen LogP) is 1.58. The molecule has 1 aromatic heterocycles. The Balaban J connectivity index is 2.03. The fourth-order valence-electron chi connectivity index (χ4n) is 2.70. The predicted molar refractivity (Wildman–Crippen MR) is 72.3 cm³/mol. The third-order valence-corrected chi connectivity index (χ3v) is 3.57. The summed E-state index contributed by atoms with van der Waals surface area (Å²) in [7, 11) is 0. The number of aromatic nitrogens is 1. The Bertz CT molecular complexity index is 342. The number of piperidine rings is 1. The zero-order chi connectivity index (χ0) is 12.8. The Morgan fingerprint density at radius 2 is 2.28 bits per heavy atom. The van der Waals surface area contributed by atoms with Crippen molar-refractivity contribution < 1.29 is 4.74 Å². The largest absolute Gasteiger partial charge is 0.377 e.